The number of nitrogens with one attached hydrogen (secondary N) is 1. The average molecular weight is 289 g/mol. The Morgan fingerprint density at radius 2 is 1.95 bits per heavy atom. The summed E-state index contributed by atoms with van der Waals surface area (Å²) in [7, 11) is 2.10. The van der Waals surface area contributed by atoms with Crippen LogP contribution in [-0.4, -0.2) is 36.6 Å². The van der Waals surface area contributed by atoms with E-state index in [-0.39, 0.29) is 0 Å². The minimum Gasteiger partial charge on any atom is -0.319 e. The van der Waals surface area contributed by atoms with Gasteiger partial charge in [0, 0.05) is 25.8 Å². The molecule has 0 bridgehead atoms. The van der Waals surface area contributed by atoms with E-state index >= 15 is 0 Å². The molecule has 1 aliphatic carbocycles. The zero-order valence-corrected chi connectivity index (χ0v) is 13.8. The van der Waals surface area contributed by atoms with Gasteiger partial charge in [0.1, 0.15) is 0 Å². The molecule has 1 saturated carbocycles. The minimum absolute atomic E-state index is 0.454. The molecule has 1 aliphatic rings. The van der Waals surface area contributed by atoms with E-state index in [1.807, 2.05) is 12.3 Å². The normalized spacial score (nSPS) is 18.6. The summed E-state index contributed by atoms with van der Waals surface area (Å²) in [6, 6.07) is 6.22. The molecule has 1 fully saturated rings. The quantitative estimate of drug-likeness (QED) is 0.779. The Kier molecular flexibility index (Phi) is 6.65. The number of pyridine rings is 1. The maximum absolute atomic E-state index is 4.49. The molecule has 2 rings (SSSR count). The first-order valence-electron chi connectivity index (χ1n) is 8.55. The number of hydrogen-bond donors (Lipinski definition) is 1. The van der Waals surface area contributed by atoms with Crippen LogP contribution < -0.4 is 5.32 Å². The van der Waals surface area contributed by atoms with Crippen molar-refractivity contribution in [2.45, 2.75) is 52.0 Å². The fourth-order valence-corrected chi connectivity index (χ4v) is 3.72. The van der Waals surface area contributed by atoms with Crippen LogP contribution in [0.5, 0.6) is 0 Å². The van der Waals surface area contributed by atoms with Gasteiger partial charge in [0.15, 0.2) is 0 Å². The Hall–Kier alpha value is -0.930. The van der Waals surface area contributed by atoms with E-state index < -0.39 is 0 Å². The molecule has 0 atom stereocenters. The number of aromatic nitrogens is 1. The lowest BCUT2D eigenvalue weighted by molar-refractivity contribution is 0.127. The maximum atomic E-state index is 4.49. The number of nitrogens with zero attached hydrogens (tertiary/aromatic N) is 2. The third-order valence-corrected chi connectivity index (χ3v) is 4.83. The highest BCUT2D eigenvalue weighted by Crippen LogP contribution is 2.35. The second kappa shape index (κ2) is 8.50. The zero-order valence-electron chi connectivity index (χ0n) is 13.8. The van der Waals surface area contributed by atoms with E-state index in [1.54, 1.807) is 0 Å². The van der Waals surface area contributed by atoms with E-state index in [4.69, 9.17) is 0 Å². The molecule has 1 N–H and O–H groups in total. The molecule has 3 nitrogen and oxygen atoms in total. The van der Waals surface area contributed by atoms with E-state index in [0.29, 0.717) is 5.41 Å². The van der Waals surface area contributed by atoms with Crippen LogP contribution in [0.4, 0.5) is 0 Å². The molecule has 118 valence electrons. The molecular formula is C18H31N3. The standard InChI is InChI=1S/C18H31N3/c1-3-21(14-17-10-6-9-13-20-17)16-18(15-19-2)11-7-4-5-8-12-18/h6,9-10,13,19H,3-5,7-8,11-12,14-16H2,1-2H3. The summed E-state index contributed by atoms with van der Waals surface area (Å²) in [4.78, 5) is 7.06. The third-order valence-electron chi connectivity index (χ3n) is 4.83. The van der Waals surface area contributed by atoms with Crippen LogP contribution in [0, 0.1) is 5.41 Å². The molecule has 21 heavy (non-hydrogen) atoms. The van der Waals surface area contributed by atoms with Crippen molar-refractivity contribution in [2.24, 2.45) is 5.41 Å². The molecule has 0 aromatic carbocycles. The van der Waals surface area contributed by atoms with Crippen molar-refractivity contribution >= 4 is 0 Å². The van der Waals surface area contributed by atoms with Gasteiger partial charge in [-0.25, -0.2) is 0 Å². The summed E-state index contributed by atoms with van der Waals surface area (Å²) in [6.45, 7) is 6.68. The first kappa shape index (κ1) is 16.4. The number of hydrogen-bond acceptors (Lipinski definition) is 3. The molecule has 0 saturated heterocycles. The van der Waals surface area contributed by atoms with Crippen molar-refractivity contribution in [3.05, 3.63) is 30.1 Å². The van der Waals surface area contributed by atoms with E-state index in [0.717, 1.165) is 19.6 Å². The van der Waals surface area contributed by atoms with Gasteiger partial charge >= 0.3 is 0 Å². The van der Waals surface area contributed by atoms with Crippen molar-refractivity contribution in [2.75, 3.05) is 26.7 Å². The van der Waals surface area contributed by atoms with Gasteiger partial charge in [0.2, 0.25) is 0 Å². The van der Waals surface area contributed by atoms with Gasteiger partial charge in [-0.1, -0.05) is 38.7 Å². The van der Waals surface area contributed by atoms with Crippen molar-refractivity contribution in [3.63, 3.8) is 0 Å². The monoisotopic (exact) mass is 289 g/mol. The van der Waals surface area contributed by atoms with Crippen molar-refractivity contribution < 1.29 is 0 Å². The Balaban J connectivity index is 2.02. The molecule has 0 radical (unpaired) electrons. The van der Waals surface area contributed by atoms with Gasteiger partial charge in [-0.05, 0) is 44.0 Å². The fraction of sp³-hybridized carbons (Fsp3) is 0.722. The maximum Gasteiger partial charge on any atom is 0.0543 e. The molecule has 3 heteroatoms. The fourth-order valence-electron chi connectivity index (χ4n) is 3.72. The lowest BCUT2D eigenvalue weighted by Gasteiger charge is -2.37. The van der Waals surface area contributed by atoms with Crippen molar-refractivity contribution in [3.8, 4) is 0 Å². The molecule has 1 aromatic heterocycles. The Labute approximate surface area is 130 Å². The second-order valence-corrected chi connectivity index (χ2v) is 6.57. The summed E-state index contributed by atoms with van der Waals surface area (Å²) in [5.41, 5.74) is 1.64. The molecule has 1 aromatic rings. The highest BCUT2D eigenvalue weighted by atomic mass is 15.1. The highest BCUT2D eigenvalue weighted by molar-refractivity contribution is 5.03. The van der Waals surface area contributed by atoms with Crippen molar-refractivity contribution in [1.29, 1.82) is 0 Å². The summed E-state index contributed by atoms with van der Waals surface area (Å²) >= 11 is 0. The largest absolute Gasteiger partial charge is 0.319 e. The molecule has 0 spiro atoms. The van der Waals surface area contributed by atoms with Gasteiger partial charge in [-0.15, -0.1) is 0 Å². The van der Waals surface area contributed by atoms with Crippen LogP contribution in [0.2, 0.25) is 0 Å². The van der Waals surface area contributed by atoms with Crippen LogP contribution in [0.1, 0.15) is 51.1 Å². The van der Waals surface area contributed by atoms with Crippen LogP contribution in [0.15, 0.2) is 24.4 Å². The van der Waals surface area contributed by atoms with Gasteiger partial charge in [0.25, 0.3) is 0 Å². The number of rotatable bonds is 7. The molecule has 0 aliphatic heterocycles. The Morgan fingerprint density at radius 3 is 2.52 bits per heavy atom. The van der Waals surface area contributed by atoms with Crippen molar-refractivity contribution in [1.82, 2.24) is 15.2 Å². The summed E-state index contributed by atoms with van der Waals surface area (Å²) in [6.07, 6.45) is 10.2. The molecular weight excluding hydrogens is 258 g/mol. The summed E-state index contributed by atoms with van der Waals surface area (Å²) < 4.78 is 0. The molecule has 0 unspecified atom stereocenters. The SMILES string of the molecule is CCN(Cc1ccccn1)CC1(CNC)CCCCCC1. The van der Waals surface area contributed by atoms with E-state index in [1.165, 1.54) is 50.8 Å². The minimum atomic E-state index is 0.454. The summed E-state index contributed by atoms with van der Waals surface area (Å²) in [5, 5.41) is 3.46. The predicted octanol–water partition coefficient (Wildman–Crippen LogP) is 3.46. The lowest BCUT2D eigenvalue weighted by atomic mass is 9.79. The lowest BCUT2D eigenvalue weighted by Crippen LogP contribution is -2.43. The second-order valence-electron chi connectivity index (χ2n) is 6.57. The van der Waals surface area contributed by atoms with Gasteiger partial charge in [0.05, 0.1) is 5.69 Å². The smallest absolute Gasteiger partial charge is 0.0543 e. The van der Waals surface area contributed by atoms with Crippen LogP contribution >= 0.6 is 0 Å². The zero-order chi connectivity index (χ0) is 15.0. The van der Waals surface area contributed by atoms with Crippen LogP contribution in [0.3, 0.4) is 0 Å². The summed E-state index contributed by atoms with van der Waals surface area (Å²) in [5.74, 6) is 0. The van der Waals surface area contributed by atoms with Gasteiger partial charge in [-0.2, -0.15) is 0 Å². The Bertz CT molecular complexity index is 383. The van der Waals surface area contributed by atoms with E-state index in [9.17, 15) is 0 Å². The topological polar surface area (TPSA) is 28.2 Å². The van der Waals surface area contributed by atoms with Crippen LogP contribution in [-0.2, 0) is 6.54 Å². The van der Waals surface area contributed by atoms with Gasteiger partial charge < -0.3 is 5.32 Å². The third kappa shape index (κ3) is 5.08. The van der Waals surface area contributed by atoms with E-state index in [2.05, 4.69) is 41.3 Å². The molecule has 0 amide bonds. The Morgan fingerprint density at radius 1 is 1.19 bits per heavy atom. The first-order valence-corrected chi connectivity index (χ1v) is 8.55. The van der Waals surface area contributed by atoms with Gasteiger partial charge in [-0.3, -0.25) is 9.88 Å². The predicted molar refractivity (Wildman–Crippen MR) is 89.2 cm³/mol. The first-order chi connectivity index (χ1) is 10.3. The molecule has 1 heterocycles. The van der Waals surface area contributed by atoms with Crippen LogP contribution in [0.25, 0.3) is 0 Å². The highest BCUT2D eigenvalue weighted by Gasteiger charge is 2.32. The average Bonchev–Trinajstić information content (AvgIpc) is 2.74.